The van der Waals surface area contributed by atoms with Gasteiger partial charge in [-0.3, -0.25) is 57.5 Å². The van der Waals surface area contributed by atoms with Crippen LogP contribution >= 0.6 is 0 Å². The van der Waals surface area contributed by atoms with E-state index >= 15 is 0 Å². The van der Waals surface area contributed by atoms with Gasteiger partial charge in [-0.05, 0) is 97.8 Å². The van der Waals surface area contributed by atoms with Crippen LogP contribution in [0.5, 0.6) is 0 Å². The third kappa shape index (κ3) is 29.2. The van der Waals surface area contributed by atoms with Crippen molar-refractivity contribution in [3.05, 3.63) is 0 Å². The van der Waals surface area contributed by atoms with Crippen molar-refractivity contribution in [1.29, 1.82) is 0 Å². The Balaban J connectivity index is 7.51. The molecule has 25 heteroatoms. The Bertz CT molecular complexity index is 1510. The molecule has 0 rings (SSSR count). The molecule has 0 aliphatic rings. The van der Waals surface area contributed by atoms with E-state index in [0.717, 1.165) is 0 Å². The van der Waals surface area contributed by atoms with Gasteiger partial charge in [0, 0.05) is 105 Å². The van der Waals surface area contributed by atoms with Gasteiger partial charge in [0.1, 0.15) is 0 Å². The summed E-state index contributed by atoms with van der Waals surface area (Å²) in [5.74, 6) is -14.3. The molecule has 13 N–H and O–H groups in total. The number of aliphatic carboxylic acids is 9. The summed E-state index contributed by atoms with van der Waals surface area (Å²) in [5, 5.41) is 96.7. The molecule has 0 aromatic rings. The number of rotatable bonds is 40. The third-order valence-electron chi connectivity index (χ3n) is 11.7. The largest absolute Gasteiger partial charge is 0.481 e. The van der Waals surface area contributed by atoms with Crippen LogP contribution in [0, 0.1) is 0 Å². The Morgan fingerprint density at radius 3 is 0.536 bits per heavy atom. The Hall–Kier alpha value is -6.40. The van der Waals surface area contributed by atoms with Gasteiger partial charge in [0.15, 0.2) is 0 Å². The second-order valence-corrected chi connectivity index (χ2v) is 18.7. The highest BCUT2D eigenvalue weighted by Gasteiger charge is 2.40. The zero-order chi connectivity index (χ0) is 53.2. The van der Waals surface area contributed by atoms with Crippen LogP contribution in [0.15, 0.2) is 0 Å². The summed E-state index contributed by atoms with van der Waals surface area (Å²) < 4.78 is 0. The SMILES string of the molecule is CC(C)(C)NC(CCC(=O)NC(CCC(=O)O)(CCC(=O)O)CCC(=O)O)(CCC(=O)NC(CCC(=O)O)(CCC(=O)O)CCC(=O)O)CCC(=O)NC(CCC(=O)O)(CCC(=O)O)CCC(=O)O. The molecular weight excluding hydrogens is 920 g/mol. The molecule has 392 valence electrons. The van der Waals surface area contributed by atoms with Gasteiger partial charge in [0.25, 0.3) is 0 Å². The van der Waals surface area contributed by atoms with Gasteiger partial charge < -0.3 is 67.2 Å². The van der Waals surface area contributed by atoms with E-state index in [1.54, 1.807) is 20.8 Å². The molecule has 0 fully saturated rings. The lowest BCUT2D eigenvalue weighted by Gasteiger charge is -2.42. The lowest BCUT2D eigenvalue weighted by atomic mass is 9.79. The van der Waals surface area contributed by atoms with Crippen molar-refractivity contribution in [3.63, 3.8) is 0 Å². The van der Waals surface area contributed by atoms with E-state index in [4.69, 9.17) is 0 Å². The van der Waals surface area contributed by atoms with E-state index in [1.807, 2.05) is 0 Å². The van der Waals surface area contributed by atoms with Crippen LogP contribution in [0.25, 0.3) is 0 Å². The number of carboxylic acids is 9. The number of hydrogen-bond acceptors (Lipinski definition) is 13. The van der Waals surface area contributed by atoms with Gasteiger partial charge in [0.05, 0.1) is 0 Å². The maximum absolute atomic E-state index is 14.0. The molecule has 0 aliphatic heterocycles. The van der Waals surface area contributed by atoms with Gasteiger partial charge >= 0.3 is 53.7 Å². The number of nitrogens with one attached hydrogen (secondary N) is 4. The normalized spacial score (nSPS) is 12.0. The molecule has 0 spiro atoms. The zero-order valence-corrected chi connectivity index (χ0v) is 39.4. The molecule has 0 atom stereocenters. The van der Waals surface area contributed by atoms with Crippen LogP contribution in [0.2, 0.25) is 0 Å². The van der Waals surface area contributed by atoms with Gasteiger partial charge in [0.2, 0.25) is 17.7 Å². The molecule has 0 saturated carbocycles. The first-order valence-electron chi connectivity index (χ1n) is 22.4. The fraction of sp³-hybridized carbons (Fsp3) is 0.727. The van der Waals surface area contributed by atoms with Crippen molar-refractivity contribution in [2.45, 2.75) is 203 Å². The van der Waals surface area contributed by atoms with E-state index in [9.17, 15) is 103 Å². The van der Waals surface area contributed by atoms with E-state index < -0.39 is 176 Å². The van der Waals surface area contributed by atoms with Crippen molar-refractivity contribution in [3.8, 4) is 0 Å². The predicted octanol–water partition coefficient (Wildman–Crippen LogP) is 2.80. The van der Waals surface area contributed by atoms with Crippen molar-refractivity contribution in [1.82, 2.24) is 21.3 Å². The van der Waals surface area contributed by atoms with Gasteiger partial charge in [-0.2, -0.15) is 0 Å². The molecule has 69 heavy (non-hydrogen) atoms. The van der Waals surface area contributed by atoms with Crippen molar-refractivity contribution >= 4 is 71.4 Å². The average Bonchev–Trinajstić information content (AvgIpc) is 3.22. The van der Waals surface area contributed by atoms with E-state index in [1.165, 1.54) is 0 Å². The van der Waals surface area contributed by atoms with Crippen LogP contribution in [0.1, 0.15) is 175 Å². The first-order valence-corrected chi connectivity index (χ1v) is 22.4. The second-order valence-electron chi connectivity index (χ2n) is 18.7. The smallest absolute Gasteiger partial charge is 0.303 e. The Morgan fingerprint density at radius 2 is 0.406 bits per heavy atom. The number of hydrogen-bond donors (Lipinski definition) is 13. The van der Waals surface area contributed by atoms with Gasteiger partial charge in [-0.25, -0.2) is 0 Å². The summed E-state index contributed by atoms with van der Waals surface area (Å²) >= 11 is 0. The number of carbonyl (C=O) groups is 12. The molecular formula is C44H70N4O21. The molecule has 0 saturated heterocycles. The highest BCUT2D eigenvalue weighted by atomic mass is 16.4. The van der Waals surface area contributed by atoms with Gasteiger partial charge in [-0.15, -0.1) is 0 Å². The minimum Gasteiger partial charge on any atom is -0.481 e. The molecule has 0 radical (unpaired) electrons. The minimum absolute atomic E-state index is 0.256. The molecule has 0 aromatic carbocycles. The minimum atomic E-state index is -1.64. The Kier molecular flexibility index (Phi) is 26.7. The first kappa shape index (κ1) is 62.6. The highest BCUT2D eigenvalue weighted by molar-refractivity contribution is 5.80. The lowest BCUT2D eigenvalue weighted by Crippen LogP contribution is -2.57. The Labute approximate surface area is 398 Å². The molecule has 3 amide bonds. The molecule has 0 aromatic heterocycles. The summed E-state index contributed by atoms with van der Waals surface area (Å²) in [6, 6.07) is 0. The maximum atomic E-state index is 14.0. The summed E-state index contributed by atoms with van der Waals surface area (Å²) in [4.78, 5) is 147. The quantitative estimate of drug-likeness (QED) is 0.0420. The topological polar surface area (TPSA) is 435 Å². The summed E-state index contributed by atoms with van der Waals surface area (Å²) in [6.45, 7) is 5.08. The van der Waals surface area contributed by atoms with Gasteiger partial charge in [-0.1, -0.05) is 0 Å². The second kappa shape index (κ2) is 29.5. The fourth-order valence-electron chi connectivity index (χ4n) is 8.29. The fourth-order valence-corrected chi connectivity index (χ4v) is 8.29. The predicted molar refractivity (Wildman–Crippen MR) is 238 cm³/mol. The van der Waals surface area contributed by atoms with Crippen LogP contribution in [0.4, 0.5) is 0 Å². The number of carboxylic acid groups (broad SMARTS) is 9. The monoisotopic (exact) mass is 990 g/mol. The van der Waals surface area contributed by atoms with Crippen molar-refractivity contribution < 1.29 is 103 Å². The zero-order valence-electron chi connectivity index (χ0n) is 39.4. The van der Waals surface area contributed by atoms with Crippen molar-refractivity contribution in [2.24, 2.45) is 0 Å². The standard InChI is InChI=1S/C44H70N4O21/c1-40(2,3)48-44(16-4-28(49)45-41(19-7-31(52)53,20-8-32(54)55)21-9-33(56)57,17-5-29(50)46-42(22-10-34(58)59,23-11-35(60)61)24-12-36(62)63)18-6-30(51)47-43(25-13-37(64)65,26-14-38(66)67)27-15-39(68)69/h48H,4-27H2,1-3H3,(H,45,49)(H,46,50)(H,47,51)(H,52,53)(H,54,55)(H,56,57)(H,58,59)(H,60,61)(H,62,63)(H,64,65)(H,66,67)(H,68,69). The lowest BCUT2D eigenvalue weighted by molar-refractivity contribution is -0.141. The molecule has 0 aliphatic carbocycles. The molecule has 0 unspecified atom stereocenters. The summed E-state index contributed by atoms with van der Waals surface area (Å²) in [5.41, 5.74) is -7.28. The highest BCUT2D eigenvalue weighted by Crippen LogP contribution is 2.33. The molecule has 0 heterocycles. The average molecular weight is 991 g/mol. The van der Waals surface area contributed by atoms with E-state index in [2.05, 4.69) is 21.3 Å². The first-order chi connectivity index (χ1) is 31.8. The summed E-state index contributed by atoms with van der Waals surface area (Å²) in [6.07, 6.45) is -10.7. The maximum Gasteiger partial charge on any atom is 0.303 e. The molecule has 0 bridgehead atoms. The van der Waals surface area contributed by atoms with Crippen LogP contribution < -0.4 is 21.3 Å². The molecule has 25 nitrogen and oxygen atoms in total. The summed E-state index contributed by atoms with van der Waals surface area (Å²) in [7, 11) is 0. The number of carbonyl (C=O) groups excluding carboxylic acids is 3. The van der Waals surface area contributed by atoms with Crippen LogP contribution in [0.3, 0.4) is 0 Å². The van der Waals surface area contributed by atoms with Crippen LogP contribution in [-0.4, -0.2) is 145 Å². The third-order valence-corrected chi connectivity index (χ3v) is 11.7. The Morgan fingerprint density at radius 1 is 0.261 bits per heavy atom. The van der Waals surface area contributed by atoms with E-state index in [0.29, 0.717) is 0 Å². The van der Waals surface area contributed by atoms with Crippen LogP contribution in [-0.2, 0) is 57.5 Å². The number of amides is 3. The van der Waals surface area contributed by atoms with E-state index in [-0.39, 0.29) is 77.0 Å². The van der Waals surface area contributed by atoms with Crippen molar-refractivity contribution in [2.75, 3.05) is 0 Å².